The van der Waals surface area contributed by atoms with Gasteiger partial charge in [0, 0.05) is 19.1 Å². The minimum Gasteiger partial charge on any atom is -0.481 e. The van der Waals surface area contributed by atoms with Gasteiger partial charge in [-0.25, -0.2) is 0 Å². The minimum atomic E-state index is -0.877. The van der Waals surface area contributed by atoms with Crippen LogP contribution in [-0.4, -0.2) is 40.5 Å². The molecule has 2 unspecified atom stereocenters. The molecule has 0 spiro atoms. The molecule has 0 radical (unpaired) electrons. The van der Waals surface area contributed by atoms with E-state index in [4.69, 9.17) is 10.2 Å². The van der Waals surface area contributed by atoms with Crippen LogP contribution in [0, 0.1) is 0 Å². The van der Waals surface area contributed by atoms with Crippen LogP contribution in [0.15, 0.2) is 24.3 Å². The standard InChI is InChI=1S/C16H25NO4/c1-2-12-4-6-13(7-5-12)16(21)14(8-9-15(19)20)17-10-3-11-18/h4-7,14,16-18,21H,2-3,8-11H2,1H3,(H,19,20). The fourth-order valence-corrected chi connectivity index (χ4v) is 2.20. The van der Waals surface area contributed by atoms with E-state index in [1.807, 2.05) is 24.3 Å². The molecule has 0 heterocycles. The Bertz CT molecular complexity index is 419. The Morgan fingerprint density at radius 1 is 1.29 bits per heavy atom. The summed E-state index contributed by atoms with van der Waals surface area (Å²) in [6, 6.07) is 7.37. The van der Waals surface area contributed by atoms with Gasteiger partial charge < -0.3 is 20.6 Å². The average Bonchev–Trinajstić information content (AvgIpc) is 2.50. The van der Waals surface area contributed by atoms with E-state index in [2.05, 4.69) is 12.2 Å². The number of hydrogen-bond acceptors (Lipinski definition) is 4. The van der Waals surface area contributed by atoms with Crippen molar-refractivity contribution in [2.24, 2.45) is 0 Å². The maximum Gasteiger partial charge on any atom is 0.303 e. The number of carboxylic acids is 1. The first-order valence-electron chi connectivity index (χ1n) is 7.41. The van der Waals surface area contributed by atoms with Crippen LogP contribution in [0.1, 0.15) is 43.4 Å². The molecule has 21 heavy (non-hydrogen) atoms. The van der Waals surface area contributed by atoms with Crippen LogP contribution < -0.4 is 5.32 Å². The second-order valence-corrected chi connectivity index (χ2v) is 5.11. The molecule has 5 nitrogen and oxygen atoms in total. The smallest absolute Gasteiger partial charge is 0.303 e. The molecule has 0 amide bonds. The molecule has 0 saturated carbocycles. The monoisotopic (exact) mass is 295 g/mol. The molecule has 1 aromatic rings. The number of aliphatic carboxylic acids is 1. The van der Waals surface area contributed by atoms with Crippen LogP contribution >= 0.6 is 0 Å². The molecule has 4 N–H and O–H groups in total. The Morgan fingerprint density at radius 3 is 2.48 bits per heavy atom. The second kappa shape index (κ2) is 9.50. The molecule has 1 rings (SSSR count). The summed E-state index contributed by atoms with van der Waals surface area (Å²) in [6.07, 6.45) is 1.10. The Hall–Kier alpha value is -1.43. The van der Waals surface area contributed by atoms with Gasteiger partial charge in [-0.15, -0.1) is 0 Å². The van der Waals surface area contributed by atoms with E-state index >= 15 is 0 Å². The first-order chi connectivity index (χ1) is 10.1. The van der Waals surface area contributed by atoms with E-state index < -0.39 is 12.1 Å². The summed E-state index contributed by atoms with van der Waals surface area (Å²) in [7, 11) is 0. The largest absolute Gasteiger partial charge is 0.481 e. The fraction of sp³-hybridized carbons (Fsp3) is 0.562. The van der Waals surface area contributed by atoms with Crippen LogP contribution in [0.25, 0.3) is 0 Å². The lowest BCUT2D eigenvalue weighted by molar-refractivity contribution is -0.137. The van der Waals surface area contributed by atoms with Crippen molar-refractivity contribution in [2.75, 3.05) is 13.2 Å². The molecule has 118 valence electrons. The molecule has 0 aliphatic carbocycles. The summed E-state index contributed by atoms with van der Waals surface area (Å²) in [5.41, 5.74) is 1.97. The predicted octanol–water partition coefficient (Wildman–Crippen LogP) is 1.49. The van der Waals surface area contributed by atoms with Crippen LogP contribution in [-0.2, 0) is 11.2 Å². The van der Waals surface area contributed by atoms with E-state index in [1.54, 1.807) is 0 Å². The highest BCUT2D eigenvalue weighted by Crippen LogP contribution is 2.21. The van der Waals surface area contributed by atoms with Gasteiger partial charge in [0.15, 0.2) is 0 Å². The highest BCUT2D eigenvalue weighted by molar-refractivity contribution is 5.66. The summed E-state index contributed by atoms with van der Waals surface area (Å²) < 4.78 is 0. The Kier molecular flexibility index (Phi) is 7.97. The van der Waals surface area contributed by atoms with E-state index in [0.717, 1.165) is 12.0 Å². The number of aliphatic hydroxyl groups is 2. The molecular formula is C16H25NO4. The lowest BCUT2D eigenvalue weighted by Crippen LogP contribution is -2.36. The third-order valence-electron chi connectivity index (χ3n) is 3.52. The highest BCUT2D eigenvalue weighted by Gasteiger charge is 2.21. The quantitative estimate of drug-likeness (QED) is 0.491. The van der Waals surface area contributed by atoms with Crippen LogP contribution in [0.4, 0.5) is 0 Å². The van der Waals surface area contributed by atoms with Crippen molar-refractivity contribution in [3.8, 4) is 0 Å². The number of rotatable bonds is 10. The minimum absolute atomic E-state index is 0.000888. The average molecular weight is 295 g/mol. The molecule has 5 heteroatoms. The summed E-state index contributed by atoms with van der Waals surface area (Å²) in [4.78, 5) is 10.7. The normalized spacial score (nSPS) is 13.9. The number of carbonyl (C=O) groups is 1. The molecule has 2 atom stereocenters. The summed E-state index contributed by atoms with van der Waals surface area (Å²) in [5.74, 6) is -0.877. The summed E-state index contributed by atoms with van der Waals surface area (Å²) >= 11 is 0. The van der Waals surface area contributed by atoms with Gasteiger partial charge in [0.25, 0.3) is 0 Å². The fourth-order valence-electron chi connectivity index (χ4n) is 2.20. The first kappa shape index (κ1) is 17.6. The number of carboxylic acid groups (broad SMARTS) is 1. The Morgan fingerprint density at radius 2 is 1.95 bits per heavy atom. The molecule has 0 saturated heterocycles. The zero-order chi connectivity index (χ0) is 15.7. The maximum absolute atomic E-state index is 10.7. The van der Waals surface area contributed by atoms with Crippen molar-refractivity contribution in [3.05, 3.63) is 35.4 Å². The second-order valence-electron chi connectivity index (χ2n) is 5.11. The molecular weight excluding hydrogens is 270 g/mol. The SMILES string of the molecule is CCc1ccc(C(O)C(CCC(=O)O)NCCCO)cc1. The zero-order valence-corrected chi connectivity index (χ0v) is 12.5. The van der Waals surface area contributed by atoms with Crippen molar-refractivity contribution in [3.63, 3.8) is 0 Å². The number of benzene rings is 1. The van der Waals surface area contributed by atoms with E-state index in [-0.39, 0.29) is 19.1 Å². The lowest BCUT2D eigenvalue weighted by Gasteiger charge is -2.24. The molecule has 0 bridgehead atoms. The van der Waals surface area contributed by atoms with Gasteiger partial charge in [0.1, 0.15) is 0 Å². The molecule has 0 aliphatic rings. The van der Waals surface area contributed by atoms with Crippen LogP contribution in [0.2, 0.25) is 0 Å². The van der Waals surface area contributed by atoms with Gasteiger partial charge >= 0.3 is 5.97 Å². The van der Waals surface area contributed by atoms with E-state index in [1.165, 1.54) is 5.56 Å². The summed E-state index contributed by atoms with van der Waals surface area (Å²) in [6.45, 7) is 2.68. The number of nitrogens with one attached hydrogen (secondary N) is 1. The van der Waals surface area contributed by atoms with Crippen LogP contribution in [0.3, 0.4) is 0 Å². The summed E-state index contributed by atoms with van der Waals surface area (Å²) in [5, 5.41) is 31.2. The van der Waals surface area contributed by atoms with Gasteiger partial charge in [-0.3, -0.25) is 4.79 Å². The predicted molar refractivity (Wildman–Crippen MR) is 81.1 cm³/mol. The Labute approximate surface area is 125 Å². The zero-order valence-electron chi connectivity index (χ0n) is 12.5. The van der Waals surface area contributed by atoms with Gasteiger partial charge in [-0.2, -0.15) is 0 Å². The lowest BCUT2D eigenvalue weighted by atomic mass is 9.97. The van der Waals surface area contributed by atoms with Crippen molar-refractivity contribution in [2.45, 2.75) is 44.8 Å². The van der Waals surface area contributed by atoms with E-state index in [0.29, 0.717) is 19.4 Å². The van der Waals surface area contributed by atoms with Gasteiger partial charge in [-0.1, -0.05) is 31.2 Å². The van der Waals surface area contributed by atoms with Gasteiger partial charge in [-0.05, 0) is 36.9 Å². The third-order valence-corrected chi connectivity index (χ3v) is 3.52. The number of aryl methyl sites for hydroxylation is 1. The van der Waals surface area contributed by atoms with E-state index in [9.17, 15) is 9.90 Å². The molecule has 0 aliphatic heterocycles. The van der Waals surface area contributed by atoms with Crippen molar-refractivity contribution >= 4 is 5.97 Å². The topological polar surface area (TPSA) is 89.8 Å². The number of hydrogen-bond donors (Lipinski definition) is 4. The Balaban J connectivity index is 2.70. The molecule has 0 aromatic heterocycles. The first-order valence-corrected chi connectivity index (χ1v) is 7.41. The van der Waals surface area contributed by atoms with Crippen molar-refractivity contribution in [1.82, 2.24) is 5.32 Å². The number of aliphatic hydroxyl groups excluding tert-OH is 2. The van der Waals surface area contributed by atoms with Crippen LogP contribution in [0.5, 0.6) is 0 Å². The van der Waals surface area contributed by atoms with Crippen molar-refractivity contribution in [1.29, 1.82) is 0 Å². The van der Waals surface area contributed by atoms with Crippen molar-refractivity contribution < 1.29 is 20.1 Å². The molecule has 1 aromatic carbocycles. The highest BCUT2D eigenvalue weighted by atomic mass is 16.4. The van der Waals surface area contributed by atoms with Gasteiger partial charge in [0.05, 0.1) is 6.10 Å². The van der Waals surface area contributed by atoms with Gasteiger partial charge in [0.2, 0.25) is 0 Å². The molecule has 0 fully saturated rings. The maximum atomic E-state index is 10.7. The third kappa shape index (κ3) is 6.25.